The molecule has 2 N–H and O–H groups in total. The fourth-order valence-corrected chi connectivity index (χ4v) is 5.01. The first-order chi connectivity index (χ1) is 15.5. The molecule has 9 nitrogen and oxygen atoms in total. The van der Waals surface area contributed by atoms with Crippen LogP contribution in [0.5, 0.6) is 23.0 Å². The van der Waals surface area contributed by atoms with Crippen LogP contribution in [0, 0.1) is 0 Å². The van der Waals surface area contributed by atoms with Gasteiger partial charge in [0.1, 0.15) is 19.3 Å². The Morgan fingerprint density at radius 1 is 1.00 bits per heavy atom. The van der Waals surface area contributed by atoms with E-state index in [1.807, 2.05) is 12.3 Å². The van der Waals surface area contributed by atoms with E-state index in [4.69, 9.17) is 18.9 Å². The summed E-state index contributed by atoms with van der Waals surface area (Å²) in [6.45, 7) is 1.17. The molecule has 2 aliphatic rings. The summed E-state index contributed by atoms with van der Waals surface area (Å²) in [7, 11) is -3.95. The highest BCUT2D eigenvalue weighted by atomic mass is 32.2. The van der Waals surface area contributed by atoms with Gasteiger partial charge in [-0.1, -0.05) is 6.07 Å². The van der Waals surface area contributed by atoms with Gasteiger partial charge in [-0.05, 0) is 48.3 Å². The van der Waals surface area contributed by atoms with E-state index in [9.17, 15) is 13.2 Å². The summed E-state index contributed by atoms with van der Waals surface area (Å²) in [5.41, 5.74) is 0.820. The molecule has 0 spiro atoms. The smallest absolute Gasteiger partial charge is 0.241 e. The number of carbonyl (C=O) groups is 1. The quantitative estimate of drug-likeness (QED) is 0.560. The molecule has 1 amide bonds. The number of benzene rings is 2. The minimum absolute atomic E-state index is 0.0134. The van der Waals surface area contributed by atoms with Crippen LogP contribution in [0.2, 0.25) is 0 Å². The summed E-state index contributed by atoms with van der Waals surface area (Å²) in [4.78, 5) is 12.9. The van der Waals surface area contributed by atoms with Crippen LogP contribution in [-0.2, 0) is 21.4 Å². The summed E-state index contributed by atoms with van der Waals surface area (Å²) in [6.07, 6.45) is 2.24. The molecule has 1 atom stereocenters. The third kappa shape index (κ3) is 5.22. The molecule has 2 aliphatic heterocycles. The van der Waals surface area contributed by atoms with Crippen LogP contribution in [0.1, 0.15) is 12.0 Å². The number of amides is 1. The standard InChI is InChI=1S/C21H24N2O7S2/c1-31-9-6-16(21(24)22-12-14-2-4-18-19(10-14)30-13-29-18)23-32(25,26)15-3-5-17-20(11-15)28-8-7-27-17/h2-5,10-11,16,23H,6-9,12-13H2,1H3,(H,22,24)/t16-/m0/s1. The third-order valence-corrected chi connectivity index (χ3v) is 7.07. The Morgan fingerprint density at radius 2 is 1.69 bits per heavy atom. The van der Waals surface area contributed by atoms with Crippen molar-refractivity contribution in [2.45, 2.75) is 23.9 Å². The van der Waals surface area contributed by atoms with E-state index in [0.717, 1.165) is 5.56 Å². The van der Waals surface area contributed by atoms with Crippen LogP contribution in [0.4, 0.5) is 0 Å². The number of nitrogens with one attached hydrogen (secondary N) is 2. The minimum Gasteiger partial charge on any atom is -0.486 e. The zero-order valence-electron chi connectivity index (χ0n) is 17.5. The lowest BCUT2D eigenvalue weighted by Crippen LogP contribution is -2.46. The van der Waals surface area contributed by atoms with Gasteiger partial charge in [0.2, 0.25) is 22.7 Å². The highest BCUT2D eigenvalue weighted by Gasteiger charge is 2.27. The summed E-state index contributed by atoms with van der Waals surface area (Å²) < 4.78 is 50.0. The Labute approximate surface area is 190 Å². The molecule has 0 saturated carbocycles. The number of thioether (sulfide) groups is 1. The summed E-state index contributed by atoms with van der Waals surface area (Å²) in [5, 5.41) is 2.81. The van der Waals surface area contributed by atoms with Crippen LogP contribution < -0.4 is 29.0 Å². The van der Waals surface area contributed by atoms with Gasteiger partial charge in [-0.2, -0.15) is 16.5 Å². The van der Waals surface area contributed by atoms with Gasteiger partial charge in [-0.15, -0.1) is 0 Å². The van der Waals surface area contributed by atoms with E-state index < -0.39 is 22.0 Å². The average Bonchev–Trinajstić information content (AvgIpc) is 3.27. The summed E-state index contributed by atoms with van der Waals surface area (Å²) >= 11 is 1.53. The lowest BCUT2D eigenvalue weighted by atomic mass is 10.2. The zero-order chi connectivity index (χ0) is 22.6. The fraction of sp³-hybridized carbons (Fsp3) is 0.381. The lowest BCUT2D eigenvalue weighted by molar-refractivity contribution is -0.122. The highest BCUT2D eigenvalue weighted by Crippen LogP contribution is 2.33. The topological polar surface area (TPSA) is 112 Å². The van der Waals surface area contributed by atoms with Gasteiger partial charge in [0.15, 0.2) is 23.0 Å². The van der Waals surface area contributed by atoms with Crippen LogP contribution in [0.25, 0.3) is 0 Å². The van der Waals surface area contributed by atoms with Gasteiger partial charge in [0, 0.05) is 12.6 Å². The molecular weight excluding hydrogens is 456 g/mol. The number of carbonyl (C=O) groups excluding carboxylic acids is 1. The first-order valence-electron chi connectivity index (χ1n) is 10.0. The van der Waals surface area contributed by atoms with Crippen LogP contribution >= 0.6 is 11.8 Å². The number of hydrogen-bond donors (Lipinski definition) is 2. The van der Waals surface area contributed by atoms with Crippen molar-refractivity contribution in [2.24, 2.45) is 0 Å². The van der Waals surface area contributed by atoms with Crippen molar-refractivity contribution < 1.29 is 32.2 Å². The van der Waals surface area contributed by atoms with E-state index >= 15 is 0 Å². The van der Waals surface area contributed by atoms with E-state index in [0.29, 0.717) is 48.4 Å². The molecule has 32 heavy (non-hydrogen) atoms. The van der Waals surface area contributed by atoms with Crippen molar-refractivity contribution in [2.75, 3.05) is 32.0 Å². The summed E-state index contributed by atoms with van der Waals surface area (Å²) in [5.74, 6) is 2.35. The van der Waals surface area contributed by atoms with Crippen molar-refractivity contribution in [3.05, 3.63) is 42.0 Å². The second-order valence-electron chi connectivity index (χ2n) is 7.17. The zero-order valence-corrected chi connectivity index (χ0v) is 19.1. The molecule has 0 aromatic heterocycles. The lowest BCUT2D eigenvalue weighted by Gasteiger charge is -2.21. The van der Waals surface area contributed by atoms with E-state index in [1.165, 1.54) is 23.9 Å². The molecule has 0 saturated heterocycles. The number of fused-ring (bicyclic) bond motifs is 2. The van der Waals surface area contributed by atoms with Crippen molar-refractivity contribution in [1.29, 1.82) is 0 Å². The molecule has 0 aliphatic carbocycles. The van der Waals surface area contributed by atoms with Crippen LogP contribution in [0.15, 0.2) is 41.3 Å². The average molecular weight is 481 g/mol. The molecule has 2 heterocycles. The Kier molecular flexibility index (Phi) is 6.97. The van der Waals surface area contributed by atoms with Gasteiger partial charge in [-0.25, -0.2) is 8.42 Å². The predicted octanol–water partition coefficient (Wildman–Crippen LogP) is 1.90. The van der Waals surface area contributed by atoms with Crippen LogP contribution in [0.3, 0.4) is 0 Å². The van der Waals surface area contributed by atoms with Gasteiger partial charge in [0.25, 0.3) is 0 Å². The number of sulfonamides is 1. The fourth-order valence-electron chi connectivity index (χ4n) is 3.29. The summed E-state index contributed by atoms with van der Waals surface area (Å²) in [6, 6.07) is 8.87. The van der Waals surface area contributed by atoms with E-state index in [2.05, 4.69) is 10.0 Å². The Morgan fingerprint density at radius 3 is 2.50 bits per heavy atom. The first kappa shape index (κ1) is 22.6. The van der Waals surface area contributed by atoms with Gasteiger partial charge < -0.3 is 24.3 Å². The van der Waals surface area contributed by atoms with E-state index in [-0.39, 0.29) is 18.2 Å². The highest BCUT2D eigenvalue weighted by molar-refractivity contribution is 7.98. The molecule has 0 radical (unpaired) electrons. The number of ether oxygens (including phenoxy) is 4. The molecule has 2 aromatic carbocycles. The van der Waals surface area contributed by atoms with Gasteiger partial charge >= 0.3 is 0 Å². The molecule has 0 fully saturated rings. The second-order valence-corrected chi connectivity index (χ2v) is 9.87. The van der Waals surface area contributed by atoms with Crippen LogP contribution in [-0.4, -0.2) is 52.4 Å². The predicted molar refractivity (Wildman–Crippen MR) is 119 cm³/mol. The molecule has 4 rings (SSSR count). The van der Waals surface area contributed by atoms with Gasteiger partial charge in [-0.3, -0.25) is 4.79 Å². The largest absolute Gasteiger partial charge is 0.486 e. The second kappa shape index (κ2) is 9.88. The third-order valence-electron chi connectivity index (χ3n) is 4.95. The molecule has 0 bridgehead atoms. The normalized spacial score (nSPS) is 15.3. The minimum atomic E-state index is -3.95. The van der Waals surface area contributed by atoms with Crippen molar-refractivity contribution >= 4 is 27.7 Å². The maximum Gasteiger partial charge on any atom is 0.241 e. The Bertz CT molecular complexity index is 1090. The molecule has 0 unspecified atom stereocenters. The number of rotatable bonds is 9. The van der Waals surface area contributed by atoms with Crippen molar-refractivity contribution in [3.8, 4) is 23.0 Å². The SMILES string of the molecule is CSCC[C@H](NS(=O)(=O)c1ccc2c(c1)OCCO2)C(=O)NCc1ccc2c(c1)OCO2. The molecular formula is C21H24N2O7S2. The molecule has 172 valence electrons. The monoisotopic (exact) mass is 480 g/mol. The first-order valence-corrected chi connectivity index (χ1v) is 12.9. The van der Waals surface area contributed by atoms with Crippen molar-refractivity contribution in [3.63, 3.8) is 0 Å². The molecule has 11 heteroatoms. The van der Waals surface area contributed by atoms with E-state index in [1.54, 1.807) is 18.2 Å². The van der Waals surface area contributed by atoms with Gasteiger partial charge in [0.05, 0.1) is 4.90 Å². The number of hydrogen-bond acceptors (Lipinski definition) is 8. The Hall–Kier alpha value is -2.63. The maximum atomic E-state index is 13.0. The Balaban J connectivity index is 1.44. The van der Waals surface area contributed by atoms with Crippen molar-refractivity contribution in [1.82, 2.24) is 10.0 Å². The maximum absolute atomic E-state index is 13.0. The molecule has 2 aromatic rings.